The Morgan fingerprint density at radius 3 is 2.56 bits per heavy atom. The number of benzene rings is 2. The molecule has 2 aromatic carbocycles. The Balaban J connectivity index is 1.77. The number of thiophene rings is 1. The van der Waals surface area contributed by atoms with E-state index in [1.807, 2.05) is 29.6 Å². The standard InChI is InChI=1S/C21H19F2NO2S/c22-14-5-6-16(18(23)11-14)20(24-9-7-13(8-10-24)21(25)26)17-12-27-19-4-2-1-3-15(17)19/h1-6,11-13,20H,7-10H2,(H,25,26). The fraction of sp³-hybridized carbons (Fsp3) is 0.286. The highest BCUT2D eigenvalue weighted by Gasteiger charge is 2.32. The molecule has 0 amide bonds. The van der Waals surface area contributed by atoms with Crippen LogP contribution in [-0.4, -0.2) is 29.1 Å². The third-order valence-corrected chi connectivity index (χ3v) is 6.29. The fourth-order valence-corrected chi connectivity index (χ4v) is 4.88. The minimum atomic E-state index is -0.778. The topological polar surface area (TPSA) is 40.5 Å². The van der Waals surface area contributed by atoms with Crippen molar-refractivity contribution in [2.24, 2.45) is 5.92 Å². The Kier molecular flexibility index (Phi) is 4.93. The molecule has 2 heterocycles. The first-order chi connectivity index (χ1) is 13.0. The number of piperidine rings is 1. The lowest BCUT2D eigenvalue weighted by atomic mass is 9.91. The van der Waals surface area contributed by atoms with E-state index in [0.29, 0.717) is 31.5 Å². The SMILES string of the molecule is O=C(O)C1CCN(C(c2ccc(F)cc2F)c2csc3ccccc23)CC1. The van der Waals surface area contributed by atoms with Gasteiger partial charge in [-0.25, -0.2) is 8.78 Å². The first kappa shape index (κ1) is 18.1. The third-order valence-electron chi connectivity index (χ3n) is 5.31. The Morgan fingerprint density at radius 1 is 1.11 bits per heavy atom. The van der Waals surface area contributed by atoms with Crippen molar-refractivity contribution in [2.45, 2.75) is 18.9 Å². The Morgan fingerprint density at radius 2 is 1.85 bits per heavy atom. The summed E-state index contributed by atoms with van der Waals surface area (Å²) in [4.78, 5) is 13.4. The summed E-state index contributed by atoms with van der Waals surface area (Å²) >= 11 is 1.60. The number of fused-ring (bicyclic) bond motifs is 1. The molecular formula is C21H19F2NO2S. The summed E-state index contributed by atoms with van der Waals surface area (Å²) in [7, 11) is 0. The summed E-state index contributed by atoms with van der Waals surface area (Å²) < 4.78 is 29.3. The number of nitrogens with zero attached hydrogens (tertiary/aromatic N) is 1. The summed E-state index contributed by atoms with van der Waals surface area (Å²) in [5.74, 6) is -2.32. The second kappa shape index (κ2) is 7.37. The Bertz CT molecular complexity index is 979. The van der Waals surface area contributed by atoms with Crippen LogP contribution in [0.4, 0.5) is 8.78 Å². The van der Waals surface area contributed by atoms with Crippen molar-refractivity contribution >= 4 is 27.4 Å². The van der Waals surface area contributed by atoms with Gasteiger partial charge >= 0.3 is 5.97 Å². The quantitative estimate of drug-likeness (QED) is 0.680. The van der Waals surface area contributed by atoms with Gasteiger partial charge in [-0.05, 0) is 54.4 Å². The molecule has 3 nitrogen and oxygen atoms in total. The molecule has 6 heteroatoms. The molecule has 0 bridgehead atoms. The molecule has 1 fully saturated rings. The zero-order valence-electron chi connectivity index (χ0n) is 14.6. The summed E-state index contributed by atoms with van der Waals surface area (Å²) in [6.07, 6.45) is 1.05. The maximum Gasteiger partial charge on any atom is 0.306 e. The minimum absolute atomic E-state index is 0.362. The van der Waals surface area contributed by atoms with Crippen LogP contribution in [-0.2, 0) is 4.79 Å². The van der Waals surface area contributed by atoms with Gasteiger partial charge in [0.25, 0.3) is 0 Å². The van der Waals surface area contributed by atoms with Crippen molar-refractivity contribution in [3.63, 3.8) is 0 Å². The Hall–Kier alpha value is -2.31. The van der Waals surface area contributed by atoms with E-state index in [0.717, 1.165) is 21.7 Å². The first-order valence-electron chi connectivity index (χ1n) is 8.92. The summed E-state index contributed by atoms with van der Waals surface area (Å²) in [6, 6.07) is 11.3. The zero-order valence-corrected chi connectivity index (χ0v) is 15.4. The van der Waals surface area contributed by atoms with Crippen LogP contribution in [0.2, 0.25) is 0 Å². The van der Waals surface area contributed by atoms with E-state index in [-0.39, 0.29) is 12.0 Å². The zero-order chi connectivity index (χ0) is 19.0. The molecule has 1 aliphatic heterocycles. The second-order valence-corrected chi connectivity index (χ2v) is 7.82. The van der Waals surface area contributed by atoms with Crippen LogP contribution in [0, 0.1) is 17.6 Å². The molecule has 4 rings (SSSR count). The molecule has 3 aromatic rings. The molecule has 27 heavy (non-hydrogen) atoms. The molecular weight excluding hydrogens is 368 g/mol. The van der Waals surface area contributed by atoms with Gasteiger partial charge < -0.3 is 5.11 Å². The molecule has 1 atom stereocenters. The van der Waals surface area contributed by atoms with E-state index >= 15 is 0 Å². The van der Waals surface area contributed by atoms with Gasteiger partial charge in [-0.3, -0.25) is 9.69 Å². The summed E-state index contributed by atoms with van der Waals surface area (Å²) in [5, 5.41) is 12.3. The average Bonchev–Trinajstić information content (AvgIpc) is 3.08. The van der Waals surface area contributed by atoms with Crippen molar-refractivity contribution < 1.29 is 18.7 Å². The van der Waals surface area contributed by atoms with Gasteiger partial charge in [0.2, 0.25) is 0 Å². The average molecular weight is 387 g/mol. The van der Waals surface area contributed by atoms with Crippen LogP contribution < -0.4 is 0 Å². The van der Waals surface area contributed by atoms with Gasteiger partial charge in [0, 0.05) is 16.3 Å². The maximum absolute atomic E-state index is 14.7. The normalized spacial score (nSPS) is 17.3. The highest BCUT2D eigenvalue weighted by atomic mass is 32.1. The number of aliphatic carboxylic acids is 1. The number of carboxylic acid groups (broad SMARTS) is 1. The molecule has 0 radical (unpaired) electrons. The second-order valence-electron chi connectivity index (χ2n) is 6.90. The van der Waals surface area contributed by atoms with Crippen molar-refractivity contribution in [3.8, 4) is 0 Å². The van der Waals surface area contributed by atoms with Crippen LogP contribution in [0.1, 0.15) is 30.0 Å². The van der Waals surface area contributed by atoms with Gasteiger partial charge in [0.15, 0.2) is 0 Å². The van der Waals surface area contributed by atoms with Crippen LogP contribution in [0.15, 0.2) is 47.8 Å². The van der Waals surface area contributed by atoms with E-state index in [1.165, 1.54) is 12.1 Å². The van der Waals surface area contributed by atoms with Gasteiger partial charge in [0.1, 0.15) is 11.6 Å². The van der Waals surface area contributed by atoms with E-state index < -0.39 is 17.6 Å². The number of likely N-dealkylation sites (tertiary alicyclic amines) is 1. The minimum Gasteiger partial charge on any atom is -0.481 e. The lowest BCUT2D eigenvalue weighted by Gasteiger charge is -2.37. The van der Waals surface area contributed by atoms with Crippen molar-refractivity contribution in [3.05, 3.63) is 70.6 Å². The highest BCUT2D eigenvalue weighted by molar-refractivity contribution is 7.17. The van der Waals surface area contributed by atoms with E-state index in [9.17, 15) is 18.7 Å². The molecule has 140 valence electrons. The predicted molar refractivity (Wildman–Crippen MR) is 102 cm³/mol. The van der Waals surface area contributed by atoms with E-state index in [4.69, 9.17) is 0 Å². The molecule has 0 aliphatic carbocycles. The molecule has 1 unspecified atom stereocenters. The Labute approximate surface area is 159 Å². The summed E-state index contributed by atoms with van der Waals surface area (Å²) in [6.45, 7) is 1.12. The van der Waals surface area contributed by atoms with Gasteiger partial charge in [-0.1, -0.05) is 24.3 Å². The lowest BCUT2D eigenvalue weighted by Crippen LogP contribution is -2.39. The largest absolute Gasteiger partial charge is 0.481 e. The predicted octanol–water partition coefficient (Wildman–Crippen LogP) is 5.07. The fourth-order valence-electron chi connectivity index (χ4n) is 3.90. The van der Waals surface area contributed by atoms with Gasteiger partial charge in [-0.2, -0.15) is 0 Å². The third kappa shape index (κ3) is 3.47. The van der Waals surface area contributed by atoms with Crippen LogP contribution >= 0.6 is 11.3 Å². The molecule has 1 aliphatic rings. The van der Waals surface area contributed by atoms with Crippen molar-refractivity contribution in [2.75, 3.05) is 13.1 Å². The van der Waals surface area contributed by atoms with Crippen LogP contribution in [0.3, 0.4) is 0 Å². The maximum atomic E-state index is 14.7. The smallest absolute Gasteiger partial charge is 0.306 e. The van der Waals surface area contributed by atoms with Crippen LogP contribution in [0.25, 0.3) is 10.1 Å². The first-order valence-corrected chi connectivity index (χ1v) is 9.80. The highest BCUT2D eigenvalue weighted by Crippen LogP contribution is 2.39. The number of carboxylic acids is 1. The lowest BCUT2D eigenvalue weighted by molar-refractivity contribution is -0.143. The molecule has 1 N–H and O–H groups in total. The molecule has 1 saturated heterocycles. The molecule has 0 saturated carbocycles. The van der Waals surface area contributed by atoms with Gasteiger partial charge in [-0.15, -0.1) is 11.3 Å². The van der Waals surface area contributed by atoms with Gasteiger partial charge in [0.05, 0.1) is 12.0 Å². The van der Waals surface area contributed by atoms with E-state index in [1.54, 1.807) is 11.3 Å². The summed E-state index contributed by atoms with van der Waals surface area (Å²) in [5.41, 5.74) is 1.41. The van der Waals surface area contributed by atoms with Crippen molar-refractivity contribution in [1.29, 1.82) is 0 Å². The van der Waals surface area contributed by atoms with Crippen molar-refractivity contribution in [1.82, 2.24) is 4.90 Å². The number of hydrogen-bond acceptors (Lipinski definition) is 3. The number of halogens is 2. The van der Waals surface area contributed by atoms with Crippen LogP contribution in [0.5, 0.6) is 0 Å². The monoisotopic (exact) mass is 387 g/mol. The number of rotatable bonds is 4. The molecule has 1 aromatic heterocycles. The number of hydrogen-bond donors (Lipinski definition) is 1. The molecule has 0 spiro atoms. The number of carbonyl (C=O) groups is 1. The van der Waals surface area contributed by atoms with E-state index in [2.05, 4.69) is 4.90 Å².